The Balaban J connectivity index is 2.40. The van der Waals surface area contributed by atoms with Crippen molar-refractivity contribution >= 4 is 27.5 Å². The number of anilines is 1. The molecule has 0 aromatic heterocycles. The van der Waals surface area contributed by atoms with Gasteiger partial charge in [0, 0.05) is 6.54 Å². The summed E-state index contributed by atoms with van der Waals surface area (Å²) in [6.07, 6.45) is -0.596. The zero-order chi connectivity index (χ0) is 10.1. The van der Waals surface area contributed by atoms with Crippen molar-refractivity contribution in [2.24, 2.45) is 5.73 Å². The van der Waals surface area contributed by atoms with Gasteiger partial charge >= 0.3 is 0 Å². The first-order valence-corrected chi connectivity index (χ1v) is 4.98. The second-order valence-corrected chi connectivity index (χ2v) is 3.80. The monoisotopic (exact) mass is 256 g/mol. The van der Waals surface area contributed by atoms with Crippen LogP contribution in [0.15, 0.2) is 22.7 Å². The summed E-state index contributed by atoms with van der Waals surface area (Å²) in [5.74, 6) is 0.445. The number of amides is 1. The summed E-state index contributed by atoms with van der Waals surface area (Å²) in [4.78, 5) is 11.4. The molecule has 1 heterocycles. The van der Waals surface area contributed by atoms with Crippen molar-refractivity contribution in [2.45, 2.75) is 6.10 Å². The summed E-state index contributed by atoms with van der Waals surface area (Å²) in [5.41, 5.74) is 6.07. The number of ether oxygens (including phenoxy) is 1. The molecule has 5 heteroatoms. The Kier molecular flexibility index (Phi) is 2.43. The van der Waals surface area contributed by atoms with Gasteiger partial charge in [-0.2, -0.15) is 0 Å². The van der Waals surface area contributed by atoms with E-state index in [1.807, 2.05) is 12.1 Å². The molecule has 1 aromatic carbocycles. The van der Waals surface area contributed by atoms with Crippen LogP contribution in [0.25, 0.3) is 0 Å². The van der Waals surface area contributed by atoms with E-state index in [0.717, 1.165) is 4.47 Å². The quantitative estimate of drug-likeness (QED) is 0.792. The third-order valence-corrected chi connectivity index (χ3v) is 2.62. The number of hydrogen-bond acceptors (Lipinski definition) is 3. The summed E-state index contributed by atoms with van der Waals surface area (Å²) in [7, 11) is 0. The average molecular weight is 257 g/mol. The van der Waals surface area contributed by atoms with Crippen LogP contribution < -0.4 is 15.8 Å². The molecular weight excluding hydrogens is 248 g/mol. The molecule has 3 N–H and O–H groups in total. The first-order valence-electron chi connectivity index (χ1n) is 4.18. The molecule has 1 unspecified atom stereocenters. The lowest BCUT2D eigenvalue weighted by Crippen LogP contribution is -2.42. The minimum absolute atomic E-state index is 0.173. The maximum Gasteiger partial charge on any atom is 0.266 e. The van der Waals surface area contributed by atoms with E-state index in [1.165, 1.54) is 0 Å². The Morgan fingerprint density at radius 3 is 3.07 bits per heavy atom. The molecule has 1 amide bonds. The summed E-state index contributed by atoms with van der Waals surface area (Å²) in [6.45, 7) is 0.173. The predicted octanol–water partition coefficient (Wildman–Crippen LogP) is 1.11. The van der Waals surface area contributed by atoms with Crippen molar-refractivity contribution < 1.29 is 9.53 Å². The van der Waals surface area contributed by atoms with E-state index in [1.54, 1.807) is 6.07 Å². The highest BCUT2D eigenvalue weighted by atomic mass is 79.9. The molecule has 0 aliphatic carbocycles. The molecule has 14 heavy (non-hydrogen) atoms. The molecule has 1 aliphatic rings. The van der Waals surface area contributed by atoms with Crippen LogP contribution >= 0.6 is 15.9 Å². The van der Waals surface area contributed by atoms with Crippen LogP contribution in [-0.4, -0.2) is 18.6 Å². The van der Waals surface area contributed by atoms with Crippen LogP contribution in [0.5, 0.6) is 5.75 Å². The normalized spacial score (nSPS) is 19.6. The third-order valence-electron chi connectivity index (χ3n) is 1.99. The lowest BCUT2D eigenvalue weighted by molar-refractivity contribution is -0.123. The maximum atomic E-state index is 11.4. The van der Waals surface area contributed by atoms with E-state index in [2.05, 4.69) is 21.2 Å². The van der Waals surface area contributed by atoms with Gasteiger partial charge in [-0.1, -0.05) is 6.07 Å². The van der Waals surface area contributed by atoms with Gasteiger partial charge < -0.3 is 15.8 Å². The second-order valence-electron chi connectivity index (χ2n) is 2.95. The fourth-order valence-electron chi connectivity index (χ4n) is 1.29. The number of hydrogen-bond donors (Lipinski definition) is 2. The molecule has 0 saturated carbocycles. The Bertz CT molecular complexity index is 381. The molecular formula is C9H9BrN2O2. The number of carbonyl (C=O) groups excluding carboxylic acids is 1. The maximum absolute atomic E-state index is 11.4. The summed E-state index contributed by atoms with van der Waals surface area (Å²) in [6, 6.07) is 5.46. The van der Waals surface area contributed by atoms with Gasteiger partial charge in [-0.3, -0.25) is 4.79 Å². The smallest absolute Gasteiger partial charge is 0.266 e. The van der Waals surface area contributed by atoms with Crippen molar-refractivity contribution in [3.8, 4) is 5.75 Å². The molecule has 0 fully saturated rings. The van der Waals surface area contributed by atoms with Crippen molar-refractivity contribution in [2.75, 3.05) is 11.9 Å². The molecule has 0 spiro atoms. The average Bonchev–Trinajstić information content (AvgIpc) is 2.17. The largest absolute Gasteiger partial charge is 0.476 e. The predicted molar refractivity (Wildman–Crippen MR) is 56.2 cm³/mol. The van der Waals surface area contributed by atoms with Crippen molar-refractivity contribution in [1.29, 1.82) is 0 Å². The third kappa shape index (κ3) is 1.49. The minimum Gasteiger partial charge on any atom is -0.476 e. The first-order chi connectivity index (χ1) is 6.72. The number of fused-ring (bicyclic) bond motifs is 1. The van der Waals surface area contributed by atoms with Gasteiger partial charge in [0.1, 0.15) is 0 Å². The van der Waals surface area contributed by atoms with Crippen molar-refractivity contribution in [3.63, 3.8) is 0 Å². The fraction of sp³-hybridized carbons (Fsp3) is 0.222. The molecule has 1 aliphatic heterocycles. The first kappa shape index (κ1) is 9.48. The van der Waals surface area contributed by atoms with Crippen molar-refractivity contribution in [1.82, 2.24) is 0 Å². The Labute approximate surface area is 89.6 Å². The standard InChI is InChI=1S/C9H9BrN2O2/c10-5-2-1-3-6-8(5)14-7(4-11)9(13)12-6/h1-3,7H,4,11H2,(H,12,13). The molecule has 74 valence electrons. The zero-order valence-electron chi connectivity index (χ0n) is 7.29. The molecule has 2 rings (SSSR count). The van der Waals surface area contributed by atoms with E-state index in [4.69, 9.17) is 10.5 Å². The van der Waals surface area contributed by atoms with Crippen LogP contribution in [-0.2, 0) is 4.79 Å². The number of benzene rings is 1. The van der Waals surface area contributed by atoms with Crippen LogP contribution in [0.4, 0.5) is 5.69 Å². The molecule has 0 bridgehead atoms. The molecule has 0 saturated heterocycles. The SMILES string of the molecule is NCC1Oc2c(Br)cccc2NC1=O. The van der Waals surface area contributed by atoms with Gasteiger partial charge in [0.25, 0.3) is 5.91 Å². The topological polar surface area (TPSA) is 64.3 Å². The zero-order valence-corrected chi connectivity index (χ0v) is 8.87. The van der Waals surface area contributed by atoms with Crippen LogP contribution in [0, 0.1) is 0 Å². The molecule has 0 radical (unpaired) electrons. The fourth-order valence-corrected chi connectivity index (χ4v) is 1.75. The summed E-state index contributed by atoms with van der Waals surface area (Å²) < 4.78 is 6.25. The lowest BCUT2D eigenvalue weighted by Gasteiger charge is -2.25. The number of halogens is 1. The number of para-hydroxylation sites is 1. The van der Waals surface area contributed by atoms with E-state index in [0.29, 0.717) is 11.4 Å². The van der Waals surface area contributed by atoms with Gasteiger partial charge in [-0.15, -0.1) is 0 Å². The Morgan fingerprint density at radius 2 is 2.36 bits per heavy atom. The molecule has 1 aromatic rings. The van der Waals surface area contributed by atoms with E-state index in [9.17, 15) is 4.79 Å². The van der Waals surface area contributed by atoms with Crippen LogP contribution in [0.3, 0.4) is 0 Å². The van der Waals surface area contributed by atoms with Gasteiger partial charge in [0.15, 0.2) is 11.9 Å². The highest BCUT2D eigenvalue weighted by molar-refractivity contribution is 9.10. The van der Waals surface area contributed by atoms with Gasteiger partial charge in [-0.05, 0) is 28.1 Å². The van der Waals surface area contributed by atoms with E-state index < -0.39 is 6.10 Å². The highest BCUT2D eigenvalue weighted by Crippen LogP contribution is 2.36. The Morgan fingerprint density at radius 1 is 1.57 bits per heavy atom. The minimum atomic E-state index is -0.596. The van der Waals surface area contributed by atoms with Gasteiger partial charge in [-0.25, -0.2) is 0 Å². The highest BCUT2D eigenvalue weighted by Gasteiger charge is 2.27. The summed E-state index contributed by atoms with van der Waals surface area (Å²) in [5, 5.41) is 2.73. The van der Waals surface area contributed by atoms with Crippen LogP contribution in [0.2, 0.25) is 0 Å². The number of nitrogens with two attached hydrogens (primary N) is 1. The Hall–Kier alpha value is -1.07. The summed E-state index contributed by atoms with van der Waals surface area (Å²) >= 11 is 3.34. The second kappa shape index (κ2) is 3.59. The number of rotatable bonds is 1. The van der Waals surface area contributed by atoms with Crippen LogP contribution in [0.1, 0.15) is 0 Å². The number of nitrogens with one attached hydrogen (secondary N) is 1. The lowest BCUT2D eigenvalue weighted by atomic mass is 10.2. The van der Waals surface area contributed by atoms with E-state index in [-0.39, 0.29) is 12.5 Å². The van der Waals surface area contributed by atoms with E-state index >= 15 is 0 Å². The number of carbonyl (C=O) groups is 1. The van der Waals surface area contributed by atoms with Gasteiger partial charge in [0.05, 0.1) is 10.2 Å². The van der Waals surface area contributed by atoms with Crippen molar-refractivity contribution in [3.05, 3.63) is 22.7 Å². The molecule has 1 atom stereocenters. The van der Waals surface area contributed by atoms with Gasteiger partial charge in [0.2, 0.25) is 0 Å². The molecule has 4 nitrogen and oxygen atoms in total.